The van der Waals surface area contributed by atoms with Gasteiger partial charge >= 0.3 is 6.18 Å². The van der Waals surface area contributed by atoms with Crippen molar-refractivity contribution >= 4 is 15.7 Å². The summed E-state index contributed by atoms with van der Waals surface area (Å²) < 4.78 is 62.1. The van der Waals surface area contributed by atoms with E-state index < -0.39 is 21.8 Å². The molecule has 3 rings (SSSR count). The molecule has 2 aromatic carbocycles. The number of sulfonamides is 1. The lowest BCUT2D eigenvalue weighted by Crippen LogP contribution is -2.22. The maximum absolute atomic E-state index is 13.1. The molecule has 0 saturated carbocycles. The third kappa shape index (κ3) is 3.25. The van der Waals surface area contributed by atoms with Crippen molar-refractivity contribution in [1.82, 2.24) is 0 Å². The second kappa shape index (κ2) is 5.78. The van der Waals surface area contributed by atoms with Gasteiger partial charge in [0.25, 0.3) is 0 Å². The van der Waals surface area contributed by atoms with Crippen molar-refractivity contribution in [2.24, 2.45) is 5.14 Å². The summed E-state index contributed by atoms with van der Waals surface area (Å²) in [6, 6.07) is 9.92. The number of alkyl halides is 3. The van der Waals surface area contributed by atoms with Crippen molar-refractivity contribution in [3.05, 3.63) is 59.2 Å². The minimum atomic E-state index is -4.41. The fourth-order valence-electron chi connectivity index (χ4n) is 2.93. The van der Waals surface area contributed by atoms with Gasteiger partial charge in [0.2, 0.25) is 10.0 Å². The van der Waals surface area contributed by atoms with Crippen LogP contribution in [0, 0.1) is 0 Å². The van der Waals surface area contributed by atoms with Crippen LogP contribution in [0.1, 0.15) is 16.7 Å². The fraction of sp³-hybridized carbons (Fsp3) is 0.250. The predicted molar refractivity (Wildman–Crippen MR) is 84.0 cm³/mol. The molecule has 0 amide bonds. The van der Waals surface area contributed by atoms with Crippen molar-refractivity contribution in [1.29, 1.82) is 0 Å². The van der Waals surface area contributed by atoms with Gasteiger partial charge in [0.1, 0.15) is 0 Å². The Morgan fingerprint density at radius 2 is 1.83 bits per heavy atom. The summed E-state index contributed by atoms with van der Waals surface area (Å²) in [5, 5.41) is 5.11. The van der Waals surface area contributed by atoms with Gasteiger partial charge in [-0.1, -0.05) is 18.2 Å². The summed E-state index contributed by atoms with van der Waals surface area (Å²) in [6.07, 6.45) is -3.84. The van der Waals surface area contributed by atoms with E-state index in [0.717, 1.165) is 17.3 Å². The first-order valence-corrected chi connectivity index (χ1v) is 8.76. The zero-order valence-electron chi connectivity index (χ0n) is 12.5. The average molecular weight is 356 g/mol. The Morgan fingerprint density at radius 1 is 1.12 bits per heavy atom. The van der Waals surface area contributed by atoms with Gasteiger partial charge in [0.15, 0.2) is 0 Å². The summed E-state index contributed by atoms with van der Waals surface area (Å²) in [7, 11) is -3.79. The Bertz CT molecular complexity index is 879. The van der Waals surface area contributed by atoms with Crippen molar-refractivity contribution in [3.63, 3.8) is 0 Å². The monoisotopic (exact) mass is 356 g/mol. The topological polar surface area (TPSA) is 63.4 Å². The van der Waals surface area contributed by atoms with Crippen LogP contribution in [0.5, 0.6) is 0 Å². The standard InChI is InChI=1S/C16H15F3N2O2S/c17-16(18,19)14-4-2-1-3-12(14)10-21-8-7-11-9-13(24(20,22)23)5-6-15(11)21/h1-6,9H,7-8,10H2,(H2,20,22,23). The minimum absolute atomic E-state index is 0.0128. The summed E-state index contributed by atoms with van der Waals surface area (Å²) in [4.78, 5) is 1.83. The lowest BCUT2D eigenvalue weighted by molar-refractivity contribution is -0.138. The second-order valence-electron chi connectivity index (χ2n) is 5.66. The maximum Gasteiger partial charge on any atom is 0.416 e. The first kappa shape index (κ1) is 16.8. The van der Waals surface area contributed by atoms with E-state index in [1.54, 1.807) is 12.1 Å². The molecule has 128 valence electrons. The highest BCUT2D eigenvalue weighted by Gasteiger charge is 2.33. The van der Waals surface area contributed by atoms with Crippen molar-refractivity contribution < 1.29 is 21.6 Å². The molecule has 0 radical (unpaired) electrons. The molecule has 0 aliphatic carbocycles. The molecule has 0 aromatic heterocycles. The fourth-order valence-corrected chi connectivity index (χ4v) is 3.49. The number of halogens is 3. The molecule has 0 bridgehead atoms. The van der Waals surface area contributed by atoms with E-state index in [0.29, 0.717) is 13.0 Å². The SMILES string of the molecule is NS(=O)(=O)c1ccc2c(c1)CCN2Cc1ccccc1C(F)(F)F. The smallest absolute Gasteiger partial charge is 0.367 e. The van der Waals surface area contributed by atoms with Gasteiger partial charge < -0.3 is 4.90 Å². The van der Waals surface area contributed by atoms with Crippen molar-refractivity contribution in [2.45, 2.75) is 24.0 Å². The quantitative estimate of drug-likeness (QED) is 0.920. The molecule has 8 heteroatoms. The Labute approximate surface area is 137 Å². The lowest BCUT2D eigenvalue weighted by atomic mass is 10.1. The number of anilines is 1. The van der Waals surface area contributed by atoms with Gasteiger partial charge in [-0.05, 0) is 41.8 Å². The molecule has 1 aliphatic heterocycles. The van der Waals surface area contributed by atoms with Crippen LogP contribution in [-0.4, -0.2) is 15.0 Å². The normalized spacial score (nSPS) is 14.8. The molecular weight excluding hydrogens is 341 g/mol. The van der Waals surface area contributed by atoms with Crippen LogP contribution < -0.4 is 10.0 Å². The Hall–Kier alpha value is -2.06. The van der Waals surface area contributed by atoms with Gasteiger partial charge in [-0.25, -0.2) is 13.6 Å². The van der Waals surface area contributed by atoms with E-state index >= 15 is 0 Å². The van der Waals surface area contributed by atoms with Crippen molar-refractivity contribution in [2.75, 3.05) is 11.4 Å². The Balaban J connectivity index is 1.91. The zero-order valence-corrected chi connectivity index (χ0v) is 13.4. The van der Waals surface area contributed by atoms with Crippen molar-refractivity contribution in [3.8, 4) is 0 Å². The van der Waals surface area contributed by atoms with Gasteiger partial charge in [-0.15, -0.1) is 0 Å². The van der Waals surface area contributed by atoms with Crippen LogP contribution in [0.2, 0.25) is 0 Å². The number of rotatable bonds is 3. The van der Waals surface area contributed by atoms with Crippen LogP contribution in [0.3, 0.4) is 0 Å². The van der Waals surface area contributed by atoms with Gasteiger partial charge in [0, 0.05) is 18.8 Å². The van der Waals surface area contributed by atoms with Crippen LogP contribution in [-0.2, 0) is 29.2 Å². The number of primary sulfonamides is 1. The summed E-state index contributed by atoms with van der Waals surface area (Å²) in [5.74, 6) is 0. The summed E-state index contributed by atoms with van der Waals surface area (Å²) >= 11 is 0. The zero-order chi connectivity index (χ0) is 17.5. The first-order chi connectivity index (χ1) is 11.2. The number of nitrogens with two attached hydrogens (primary N) is 1. The molecule has 1 aliphatic rings. The molecule has 2 aromatic rings. The molecule has 4 nitrogen and oxygen atoms in total. The highest BCUT2D eigenvalue weighted by Crippen LogP contribution is 2.35. The number of fused-ring (bicyclic) bond motifs is 1. The average Bonchev–Trinajstić information content (AvgIpc) is 2.88. The van der Waals surface area contributed by atoms with E-state index in [9.17, 15) is 21.6 Å². The Morgan fingerprint density at radius 3 is 2.50 bits per heavy atom. The highest BCUT2D eigenvalue weighted by atomic mass is 32.2. The number of hydrogen-bond donors (Lipinski definition) is 1. The van der Waals surface area contributed by atoms with E-state index in [4.69, 9.17) is 5.14 Å². The predicted octanol–water partition coefficient (Wildman–Crippen LogP) is 2.92. The third-order valence-electron chi connectivity index (χ3n) is 4.06. The van der Waals surface area contributed by atoms with Gasteiger partial charge in [-0.2, -0.15) is 13.2 Å². The number of nitrogens with zero attached hydrogens (tertiary/aromatic N) is 1. The molecule has 0 fully saturated rings. The van der Waals surface area contributed by atoms with E-state index in [2.05, 4.69) is 0 Å². The maximum atomic E-state index is 13.1. The first-order valence-electron chi connectivity index (χ1n) is 7.22. The molecule has 24 heavy (non-hydrogen) atoms. The van der Waals surface area contributed by atoms with Crippen LogP contribution >= 0.6 is 0 Å². The summed E-state index contributed by atoms with van der Waals surface area (Å²) in [6.45, 7) is 0.632. The van der Waals surface area contributed by atoms with Crippen LogP contribution in [0.15, 0.2) is 47.4 Å². The highest BCUT2D eigenvalue weighted by molar-refractivity contribution is 7.89. The molecule has 2 N–H and O–H groups in total. The van der Waals surface area contributed by atoms with Crippen LogP contribution in [0.4, 0.5) is 18.9 Å². The second-order valence-corrected chi connectivity index (χ2v) is 7.22. The largest absolute Gasteiger partial charge is 0.416 e. The van der Waals surface area contributed by atoms with Gasteiger partial charge in [-0.3, -0.25) is 0 Å². The molecule has 0 unspecified atom stereocenters. The van der Waals surface area contributed by atoms with Crippen LogP contribution in [0.25, 0.3) is 0 Å². The molecule has 0 saturated heterocycles. The Kier molecular flexibility index (Phi) is 4.05. The van der Waals surface area contributed by atoms with E-state index in [1.165, 1.54) is 24.3 Å². The third-order valence-corrected chi connectivity index (χ3v) is 4.97. The van der Waals surface area contributed by atoms with Gasteiger partial charge in [0.05, 0.1) is 10.5 Å². The van der Waals surface area contributed by atoms with E-state index in [1.807, 2.05) is 4.90 Å². The van der Waals surface area contributed by atoms with E-state index in [-0.39, 0.29) is 17.0 Å². The lowest BCUT2D eigenvalue weighted by Gasteiger charge is -2.22. The molecule has 1 heterocycles. The summed E-state index contributed by atoms with van der Waals surface area (Å²) in [5.41, 5.74) is 1.04. The molecular formula is C16H15F3N2O2S. The molecule has 0 atom stereocenters. The molecule has 0 spiro atoms. The minimum Gasteiger partial charge on any atom is -0.367 e. The number of hydrogen-bond acceptors (Lipinski definition) is 3. The number of benzene rings is 2.